The zero-order valence-corrected chi connectivity index (χ0v) is 9.78. The maximum absolute atomic E-state index is 10.4. The summed E-state index contributed by atoms with van der Waals surface area (Å²) in [4.78, 5) is 10.4. The first-order valence-corrected chi connectivity index (χ1v) is 5.12. The van der Waals surface area contributed by atoms with Crippen LogP contribution in [0.15, 0.2) is 22.7 Å². The second-order valence-corrected chi connectivity index (χ2v) is 3.98. The van der Waals surface area contributed by atoms with Gasteiger partial charge in [-0.15, -0.1) is 0 Å². The average molecular weight is 273 g/mol. The molecule has 2 N–H and O–H groups in total. The summed E-state index contributed by atoms with van der Waals surface area (Å²) < 4.78 is 5.91. The molecule has 0 amide bonds. The molecule has 0 saturated carbocycles. The fraction of sp³-hybridized carbons (Fsp3) is 0.300. The minimum absolute atomic E-state index is 0.229. The molecule has 0 radical (unpaired) electrons. The molecule has 0 fully saturated rings. The molecule has 0 aliphatic rings. The molecule has 1 unspecified atom stereocenters. The van der Waals surface area contributed by atoms with Crippen molar-refractivity contribution >= 4 is 21.9 Å². The topological polar surface area (TPSA) is 75.4 Å². The SMILES string of the molecule is COc1ccc(Br)cc1C(N)CC(=O)[O-]. The minimum Gasteiger partial charge on any atom is -0.550 e. The number of carboxylic acid groups (broad SMARTS) is 1. The highest BCUT2D eigenvalue weighted by atomic mass is 79.9. The molecule has 15 heavy (non-hydrogen) atoms. The molecule has 0 bridgehead atoms. The molecule has 0 heterocycles. The van der Waals surface area contributed by atoms with E-state index in [1.165, 1.54) is 7.11 Å². The summed E-state index contributed by atoms with van der Waals surface area (Å²) in [5.74, 6) is -0.600. The third-order valence-electron chi connectivity index (χ3n) is 1.98. The number of carbonyl (C=O) groups is 1. The fourth-order valence-electron chi connectivity index (χ4n) is 1.28. The number of hydrogen-bond donors (Lipinski definition) is 1. The molecule has 1 atom stereocenters. The number of rotatable bonds is 4. The Hall–Kier alpha value is -1.07. The predicted octanol–water partition coefficient (Wildman–Crippen LogP) is 0.597. The number of hydrogen-bond acceptors (Lipinski definition) is 4. The number of aliphatic carboxylic acids is 1. The maximum atomic E-state index is 10.4. The van der Waals surface area contributed by atoms with Gasteiger partial charge in [-0.3, -0.25) is 0 Å². The summed E-state index contributed by atoms with van der Waals surface area (Å²) in [6, 6.07) is 4.65. The van der Waals surface area contributed by atoms with E-state index in [2.05, 4.69) is 15.9 Å². The van der Waals surface area contributed by atoms with E-state index in [9.17, 15) is 9.90 Å². The van der Waals surface area contributed by atoms with Crippen LogP contribution in [-0.4, -0.2) is 13.1 Å². The van der Waals surface area contributed by atoms with Crippen LogP contribution in [0.2, 0.25) is 0 Å². The van der Waals surface area contributed by atoms with Gasteiger partial charge in [-0.05, 0) is 18.2 Å². The summed E-state index contributed by atoms with van der Waals surface area (Å²) in [7, 11) is 1.51. The molecule has 0 spiro atoms. The second-order valence-electron chi connectivity index (χ2n) is 3.07. The quantitative estimate of drug-likeness (QED) is 0.871. The van der Waals surface area contributed by atoms with Crippen LogP contribution >= 0.6 is 15.9 Å². The Bertz CT molecular complexity index is 368. The Morgan fingerprint density at radius 2 is 2.33 bits per heavy atom. The number of nitrogens with two attached hydrogens (primary N) is 1. The second kappa shape index (κ2) is 5.14. The van der Waals surface area contributed by atoms with Gasteiger partial charge in [-0.2, -0.15) is 0 Å². The molecule has 5 heteroatoms. The lowest BCUT2D eigenvalue weighted by molar-refractivity contribution is -0.306. The van der Waals surface area contributed by atoms with Gasteiger partial charge < -0.3 is 20.4 Å². The van der Waals surface area contributed by atoms with E-state index in [1.54, 1.807) is 18.2 Å². The van der Waals surface area contributed by atoms with Gasteiger partial charge in [0.25, 0.3) is 0 Å². The Kier molecular flexibility index (Phi) is 4.11. The number of carboxylic acids is 1. The van der Waals surface area contributed by atoms with E-state index < -0.39 is 12.0 Å². The molecule has 1 aromatic carbocycles. The van der Waals surface area contributed by atoms with Crippen molar-refractivity contribution in [3.8, 4) is 5.75 Å². The summed E-state index contributed by atoms with van der Waals surface area (Å²) in [5.41, 5.74) is 6.37. The van der Waals surface area contributed by atoms with Crippen molar-refractivity contribution in [1.29, 1.82) is 0 Å². The van der Waals surface area contributed by atoms with Crippen LogP contribution in [0.5, 0.6) is 5.75 Å². The monoisotopic (exact) mass is 272 g/mol. The van der Waals surface area contributed by atoms with Crippen molar-refractivity contribution in [2.24, 2.45) is 5.73 Å². The van der Waals surface area contributed by atoms with E-state index in [0.29, 0.717) is 11.3 Å². The van der Waals surface area contributed by atoms with Crippen molar-refractivity contribution in [3.05, 3.63) is 28.2 Å². The summed E-state index contributed by atoms with van der Waals surface area (Å²) in [6.45, 7) is 0. The van der Waals surface area contributed by atoms with Crippen LogP contribution in [-0.2, 0) is 4.79 Å². The highest BCUT2D eigenvalue weighted by Crippen LogP contribution is 2.28. The van der Waals surface area contributed by atoms with Crippen LogP contribution in [0.3, 0.4) is 0 Å². The normalized spacial score (nSPS) is 12.2. The van der Waals surface area contributed by atoms with Gasteiger partial charge in [0.05, 0.1) is 7.11 Å². The molecular weight excluding hydrogens is 262 g/mol. The Balaban J connectivity index is 2.99. The van der Waals surface area contributed by atoms with E-state index in [1.807, 2.05) is 0 Å². The Morgan fingerprint density at radius 3 is 2.87 bits per heavy atom. The molecule has 0 aliphatic carbocycles. The van der Waals surface area contributed by atoms with Gasteiger partial charge in [-0.25, -0.2) is 0 Å². The largest absolute Gasteiger partial charge is 0.550 e. The Labute approximate surface area is 96.2 Å². The fourth-order valence-corrected chi connectivity index (χ4v) is 1.66. The van der Waals surface area contributed by atoms with Crippen LogP contribution in [0.25, 0.3) is 0 Å². The molecule has 0 aromatic heterocycles. The first kappa shape index (κ1) is 12.0. The molecule has 0 aliphatic heterocycles. The lowest BCUT2D eigenvalue weighted by Gasteiger charge is -2.16. The van der Waals surface area contributed by atoms with Gasteiger partial charge in [0.2, 0.25) is 0 Å². The summed E-state index contributed by atoms with van der Waals surface area (Å²) in [6.07, 6.45) is -0.229. The maximum Gasteiger partial charge on any atom is 0.123 e. The molecule has 4 nitrogen and oxygen atoms in total. The van der Waals surface area contributed by atoms with Crippen molar-refractivity contribution in [2.75, 3.05) is 7.11 Å². The van der Waals surface area contributed by atoms with Gasteiger partial charge in [0.1, 0.15) is 5.75 Å². The summed E-state index contributed by atoms with van der Waals surface area (Å²) >= 11 is 3.29. The standard InChI is InChI=1S/C10H12BrNO3/c1-15-9-3-2-6(11)4-7(9)8(12)5-10(13)14/h2-4,8H,5,12H2,1H3,(H,13,14)/p-1. The van der Waals surface area contributed by atoms with Crippen LogP contribution in [0.4, 0.5) is 0 Å². The first-order valence-electron chi connectivity index (χ1n) is 4.33. The van der Waals surface area contributed by atoms with Gasteiger partial charge in [-0.1, -0.05) is 15.9 Å². The molecule has 1 aromatic rings. The van der Waals surface area contributed by atoms with Crippen LogP contribution in [0.1, 0.15) is 18.0 Å². The first-order chi connectivity index (χ1) is 7.04. The minimum atomic E-state index is -1.18. The zero-order valence-electron chi connectivity index (χ0n) is 8.20. The van der Waals surface area contributed by atoms with E-state index in [-0.39, 0.29) is 6.42 Å². The predicted molar refractivity (Wildman–Crippen MR) is 57.2 cm³/mol. The lowest BCUT2D eigenvalue weighted by atomic mass is 10.0. The third-order valence-corrected chi connectivity index (χ3v) is 2.47. The Morgan fingerprint density at radius 1 is 1.67 bits per heavy atom. The number of halogens is 1. The van der Waals surface area contributed by atoms with E-state index in [0.717, 1.165) is 4.47 Å². The highest BCUT2D eigenvalue weighted by Gasteiger charge is 2.12. The smallest absolute Gasteiger partial charge is 0.123 e. The van der Waals surface area contributed by atoms with Crippen molar-refractivity contribution < 1.29 is 14.6 Å². The number of methoxy groups -OCH3 is 1. The highest BCUT2D eigenvalue weighted by molar-refractivity contribution is 9.10. The van der Waals surface area contributed by atoms with Crippen LogP contribution in [0, 0.1) is 0 Å². The number of ether oxygens (including phenoxy) is 1. The van der Waals surface area contributed by atoms with Gasteiger partial charge in [0, 0.05) is 28.5 Å². The van der Waals surface area contributed by atoms with Crippen molar-refractivity contribution in [1.82, 2.24) is 0 Å². The number of carbonyl (C=O) groups excluding carboxylic acids is 1. The third kappa shape index (κ3) is 3.21. The van der Waals surface area contributed by atoms with Gasteiger partial charge in [0.15, 0.2) is 0 Å². The van der Waals surface area contributed by atoms with E-state index >= 15 is 0 Å². The van der Waals surface area contributed by atoms with E-state index in [4.69, 9.17) is 10.5 Å². The summed E-state index contributed by atoms with van der Waals surface area (Å²) in [5, 5.41) is 10.4. The molecule has 0 saturated heterocycles. The molecule has 1 rings (SSSR count). The van der Waals surface area contributed by atoms with Crippen LogP contribution < -0.4 is 15.6 Å². The van der Waals surface area contributed by atoms with Crippen molar-refractivity contribution in [3.63, 3.8) is 0 Å². The average Bonchev–Trinajstić information content (AvgIpc) is 2.16. The zero-order chi connectivity index (χ0) is 11.4. The van der Waals surface area contributed by atoms with Gasteiger partial charge >= 0.3 is 0 Å². The lowest BCUT2D eigenvalue weighted by Crippen LogP contribution is -2.27. The van der Waals surface area contributed by atoms with Crippen molar-refractivity contribution in [2.45, 2.75) is 12.5 Å². The molecular formula is C10H11BrNO3-. The molecule has 82 valence electrons. The number of benzene rings is 1.